The predicted octanol–water partition coefficient (Wildman–Crippen LogP) is 1.30. The zero-order valence-electron chi connectivity index (χ0n) is 17.5. The van der Waals surface area contributed by atoms with Gasteiger partial charge in [-0.1, -0.05) is 12.1 Å². The summed E-state index contributed by atoms with van der Waals surface area (Å²) in [6.07, 6.45) is 0.509. The highest BCUT2D eigenvalue weighted by molar-refractivity contribution is 5.98. The zero-order valence-corrected chi connectivity index (χ0v) is 17.5. The topological polar surface area (TPSA) is 105 Å². The van der Waals surface area contributed by atoms with E-state index in [9.17, 15) is 18.8 Å². The number of likely N-dealkylation sites (tertiary alicyclic amines) is 1. The van der Waals surface area contributed by atoms with Crippen molar-refractivity contribution < 1.29 is 23.5 Å². The van der Waals surface area contributed by atoms with Gasteiger partial charge in [0.2, 0.25) is 5.91 Å². The molecule has 2 aromatic carbocycles. The molecule has 1 fully saturated rings. The number of anilines is 1. The molecule has 0 radical (unpaired) electrons. The Kier molecular flexibility index (Phi) is 6.36. The summed E-state index contributed by atoms with van der Waals surface area (Å²) in [5, 5.41) is 2.97. The van der Waals surface area contributed by atoms with Crippen LogP contribution in [0.1, 0.15) is 23.2 Å². The lowest BCUT2D eigenvalue weighted by Gasteiger charge is -2.36. The van der Waals surface area contributed by atoms with Crippen LogP contribution in [0.2, 0.25) is 0 Å². The number of nitrogens with one attached hydrogen (secondary N) is 1. The number of piperidine rings is 1. The molecule has 1 unspecified atom stereocenters. The number of nitrogens with zero attached hydrogens (tertiary/aromatic N) is 2. The van der Waals surface area contributed by atoms with Crippen molar-refractivity contribution >= 4 is 23.4 Å². The normalized spacial score (nSPS) is 19.0. The second kappa shape index (κ2) is 9.35. The van der Waals surface area contributed by atoms with E-state index in [4.69, 9.17) is 10.5 Å². The second-order valence-corrected chi connectivity index (χ2v) is 8.01. The SMILES string of the molecule is NC(=O)C1CN(C(=O)CN2CCC(NC(=O)c3ccc(F)cc3)CC2)c2ccccc2O1. The molecule has 3 N–H and O–H groups in total. The average molecular weight is 440 g/mol. The molecule has 9 heteroatoms. The number of primary amides is 1. The summed E-state index contributed by atoms with van der Waals surface area (Å²) in [5.74, 6) is -0.916. The molecule has 0 saturated carbocycles. The van der Waals surface area contributed by atoms with Crippen molar-refractivity contribution in [2.75, 3.05) is 31.1 Å². The van der Waals surface area contributed by atoms with Gasteiger partial charge < -0.3 is 20.7 Å². The molecule has 0 aliphatic carbocycles. The van der Waals surface area contributed by atoms with Gasteiger partial charge in [0.25, 0.3) is 11.8 Å². The van der Waals surface area contributed by atoms with Gasteiger partial charge in [0.15, 0.2) is 6.10 Å². The maximum absolute atomic E-state index is 13.0. The van der Waals surface area contributed by atoms with Gasteiger partial charge in [0.1, 0.15) is 11.6 Å². The van der Waals surface area contributed by atoms with Crippen LogP contribution in [0.25, 0.3) is 0 Å². The molecule has 168 valence electrons. The molecule has 0 spiro atoms. The smallest absolute Gasteiger partial charge is 0.260 e. The van der Waals surface area contributed by atoms with Crippen LogP contribution in [0.5, 0.6) is 5.75 Å². The van der Waals surface area contributed by atoms with E-state index < -0.39 is 12.0 Å². The van der Waals surface area contributed by atoms with E-state index in [1.807, 2.05) is 11.0 Å². The standard InChI is InChI=1S/C23H25FN4O4/c24-16-7-5-15(6-8-16)23(31)26-17-9-11-27(12-10-17)14-21(29)28-13-20(22(25)30)32-19-4-2-1-3-18(19)28/h1-8,17,20H,9-14H2,(H2,25,30)(H,26,31). The van der Waals surface area contributed by atoms with Crippen LogP contribution >= 0.6 is 0 Å². The third-order valence-electron chi connectivity index (χ3n) is 5.78. The lowest BCUT2D eigenvalue weighted by atomic mass is 10.0. The van der Waals surface area contributed by atoms with Crippen LogP contribution in [0.15, 0.2) is 48.5 Å². The summed E-state index contributed by atoms with van der Waals surface area (Å²) in [5.41, 5.74) is 6.45. The molecule has 1 saturated heterocycles. The summed E-state index contributed by atoms with van der Waals surface area (Å²) >= 11 is 0. The van der Waals surface area contributed by atoms with E-state index in [0.717, 1.165) is 0 Å². The number of rotatable bonds is 5. The summed E-state index contributed by atoms with van der Waals surface area (Å²) in [7, 11) is 0. The van der Waals surface area contributed by atoms with Crippen LogP contribution in [0.3, 0.4) is 0 Å². The third-order valence-corrected chi connectivity index (χ3v) is 5.78. The number of amides is 3. The number of hydrogen-bond donors (Lipinski definition) is 2. The van der Waals surface area contributed by atoms with Gasteiger partial charge in [0.05, 0.1) is 18.8 Å². The lowest BCUT2D eigenvalue weighted by molar-refractivity contribution is -0.125. The van der Waals surface area contributed by atoms with E-state index in [-0.39, 0.29) is 36.8 Å². The van der Waals surface area contributed by atoms with E-state index in [1.165, 1.54) is 24.3 Å². The average Bonchev–Trinajstić information content (AvgIpc) is 2.80. The molecule has 4 rings (SSSR count). The highest BCUT2D eigenvalue weighted by Crippen LogP contribution is 2.33. The number of hydrogen-bond acceptors (Lipinski definition) is 5. The quantitative estimate of drug-likeness (QED) is 0.729. The number of benzene rings is 2. The van der Waals surface area contributed by atoms with Gasteiger partial charge in [0, 0.05) is 24.7 Å². The van der Waals surface area contributed by atoms with Gasteiger partial charge in [-0.25, -0.2) is 4.39 Å². The maximum atomic E-state index is 13.0. The minimum atomic E-state index is -0.888. The first-order valence-electron chi connectivity index (χ1n) is 10.5. The molecular weight excluding hydrogens is 415 g/mol. The van der Waals surface area contributed by atoms with Crippen molar-refractivity contribution in [2.24, 2.45) is 5.73 Å². The molecular formula is C23H25FN4O4. The fraction of sp³-hybridized carbons (Fsp3) is 0.348. The van der Waals surface area contributed by atoms with Crippen molar-refractivity contribution in [3.05, 3.63) is 59.9 Å². The first kappa shape index (κ1) is 21.8. The maximum Gasteiger partial charge on any atom is 0.260 e. The zero-order chi connectivity index (χ0) is 22.7. The molecule has 2 aromatic rings. The number of halogens is 1. The van der Waals surface area contributed by atoms with Gasteiger partial charge in [-0.05, 0) is 49.2 Å². The summed E-state index contributed by atoms with van der Waals surface area (Å²) in [6, 6.07) is 12.5. The third kappa shape index (κ3) is 4.88. The minimum absolute atomic E-state index is 0.0118. The molecule has 2 heterocycles. The minimum Gasteiger partial charge on any atom is -0.477 e. The number of para-hydroxylation sites is 2. The van der Waals surface area contributed by atoms with Crippen LogP contribution in [0.4, 0.5) is 10.1 Å². The Morgan fingerprint density at radius 2 is 1.75 bits per heavy atom. The molecule has 2 aliphatic heterocycles. The van der Waals surface area contributed by atoms with Crippen LogP contribution < -0.4 is 20.7 Å². The number of fused-ring (bicyclic) bond motifs is 1. The Morgan fingerprint density at radius 3 is 2.44 bits per heavy atom. The molecule has 32 heavy (non-hydrogen) atoms. The van der Waals surface area contributed by atoms with Crippen molar-refractivity contribution in [1.82, 2.24) is 10.2 Å². The number of ether oxygens (including phenoxy) is 1. The predicted molar refractivity (Wildman–Crippen MR) is 116 cm³/mol. The van der Waals surface area contributed by atoms with Gasteiger partial charge in [-0.3, -0.25) is 19.3 Å². The van der Waals surface area contributed by atoms with Gasteiger partial charge >= 0.3 is 0 Å². The lowest BCUT2D eigenvalue weighted by Crippen LogP contribution is -2.53. The van der Waals surface area contributed by atoms with Crippen molar-refractivity contribution in [1.29, 1.82) is 0 Å². The highest BCUT2D eigenvalue weighted by Gasteiger charge is 2.33. The monoisotopic (exact) mass is 440 g/mol. The Hall–Kier alpha value is -3.46. The van der Waals surface area contributed by atoms with Crippen molar-refractivity contribution in [2.45, 2.75) is 25.0 Å². The fourth-order valence-electron chi connectivity index (χ4n) is 4.00. The number of nitrogens with two attached hydrogens (primary N) is 1. The summed E-state index contributed by atoms with van der Waals surface area (Å²) in [4.78, 5) is 40.6. The van der Waals surface area contributed by atoms with E-state index in [0.29, 0.717) is 42.9 Å². The van der Waals surface area contributed by atoms with Gasteiger partial charge in [-0.2, -0.15) is 0 Å². The molecule has 3 amide bonds. The molecule has 8 nitrogen and oxygen atoms in total. The number of carbonyl (C=O) groups excluding carboxylic acids is 3. The van der Waals surface area contributed by atoms with E-state index in [2.05, 4.69) is 5.32 Å². The highest BCUT2D eigenvalue weighted by atomic mass is 19.1. The van der Waals surface area contributed by atoms with Gasteiger partial charge in [-0.15, -0.1) is 0 Å². The van der Waals surface area contributed by atoms with Crippen LogP contribution in [-0.4, -0.2) is 60.9 Å². The Labute approximate surface area is 185 Å². The summed E-state index contributed by atoms with van der Waals surface area (Å²) < 4.78 is 18.7. The number of carbonyl (C=O) groups is 3. The van der Waals surface area contributed by atoms with Crippen LogP contribution in [-0.2, 0) is 9.59 Å². The molecule has 0 bridgehead atoms. The van der Waals surface area contributed by atoms with Crippen LogP contribution in [0, 0.1) is 5.82 Å². The van der Waals surface area contributed by atoms with Crippen molar-refractivity contribution in [3.8, 4) is 5.75 Å². The largest absolute Gasteiger partial charge is 0.477 e. The Balaban J connectivity index is 1.32. The molecule has 1 atom stereocenters. The fourth-order valence-corrected chi connectivity index (χ4v) is 4.00. The summed E-state index contributed by atoms with van der Waals surface area (Å²) in [6.45, 7) is 1.56. The first-order chi connectivity index (χ1) is 15.4. The Bertz CT molecular complexity index is 1010. The van der Waals surface area contributed by atoms with E-state index in [1.54, 1.807) is 23.1 Å². The first-order valence-corrected chi connectivity index (χ1v) is 10.5. The van der Waals surface area contributed by atoms with E-state index >= 15 is 0 Å². The second-order valence-electron chi connectivity index (χ2n) is 8.01. The molecule has 2 aliphatic rings. The van der Waals surface area contributed by atoms with Crippen molar-refractivity contribution in [3.63, 3.8) is 0 Å². The Morgan fingerprint density at radius 1 is 1.06 bits per heavy atom. The molecule has 0 aromatic heterocycles.